The average Bonchev–Trinajstić information content (AvgIpc) is 2.37. The zero-order chi connectivity index (χ0) is 15.3. The number of carbonyl (C=O) groups excluding carboxylic acids is 1. The van der Waals surface area contributed by atoms with Crippen LogP contribution >= 0.6 is 11.6 Å². The van der Waals surface area contributed by atoms with Gasteiger partial charge in [-0.2, -0.15) is 0 Å². The van der Waals surface area contributed by atoms with Crippen molar-refractivity contribution in [2.45, 2.75) is 29.7 Å². The number of carbonyl (C=O) groups is 1. The molecular weight excluding hydrogens is 308 g/mol. The SMILES string of the molecule is CC(N)CC(Cl)C(=O)OS(=O)c1ccc([N+](=O)[O-])cc1. The lowest BCUT2D eigenvalue weighted by atomic mass is 10.2. The summed E-state index contributed by atoms with van der Waals surface area (Å²) in [6, 6.07) is 4.53. The van der Waals surface area contributed by atoms with Gasteiger partial charge in [0.05, 0.1) is 9.82 Å². The van der Waals surface area contributed by atoms with Crippen molar-refractivity contribution in [3.8, 4) is 0 Å². The Morgan fingerprint density at radius 2 is 2.05 bits per heavy atom. The molecule has 0 aliphatic heterocycles. The molecule has 0 aliphatic carbocycles. The predicted molar refractivity (Wildman–Crippen MR) is 73.5 cm³/mol. The number of benzene rings is 1. The summed E-state index contributed by atoms with van der Waals surface area (Å²) >= 11 is 3.68. The summed E-state index contributed by atoms with van der Waals surface area (Å²) in [5.41, 5.74) is 5.34. The quantitative estimate of drug-likeness (QED) is 0.483. The van der Waals surface area contributed by atoms with Gasteiger partial charge < -0.3 is 9.92 Å². The van der Waals surface area contributed by atoms with Gasteiger partial charge in [0.1, 0.15) is 5.38 Å². The third-order valence-corrected chi connectivity index (χ3v) is 3.56. The van der Waals surface area contributed by atoms with Crippen LogP contribution in [0.2, 0.25) is 0 Å². The maximum atomic E-state index is 11.7. The van der Waals surface area contributed by atoms with Gasteiger partial charge in [-0.15, -0.1) is 11.6 Å². The number of hydrogen-bond donors (Lipinski definition) is 1. The Morgan fingerprint density at radius 3 is 2.50 bits per heavy atom. The summed E-state index contributed by atoms with van der Waals surface area (Å²) in [4.78, 5) is 21.5. The van der Waals surface area contributed by atoms with E-state index in [0.717, 1.165) is 0 Å². The summed E-state index contributed by atoms with van der Waals surface area (Å²) in [7, 11) is 0. The van der Waals surface area contributed by atoms with Gasteiger partial charge in [-0.3, -0.25) is 10.1 Å². The maximum Gasteiger partial charge on any atom is 0.338 e. The Bertz CT molecular complexity index is 520. The van der Waals surface area contributed by atoms with Gasteiger partial charge in [-0.25, -0.2) is 9.00 Å². The number of alkyl halides is 1. The molecule has 9 heteroatoms. The second-order valence-corrected chi connectivity index (χ2v) is 5.70. The van der Waals surface area contributed by atoms with E-state index < -0.39 is 27.4 Å². The molecule has 1 aromatic carbocycles. The summed E-state index contributed by atoms with van der Waals surface area (Å²) in [5.74, 6) is -0.847. The number of non-ortho nitro benzene ring substituents is 1. The average molecular weight is 321 g/mol. The first kappa shape index (κ1) is 16.5. The van der Waals surface area contributed by atoms with Crippen LogP contribution in [0.15, 0.2) is 29.2 Å². The van der Waals surface area contributed by atoms with Crippen molar-refractivity contribution in [2.75, 3.05) is 0 Å². The lowest BCUT2D eigenvalue weighted by Crippen LogP contribution is -2.27. The number of nitrogens with zero attached hydrogens (tertiary/aromatic N) is 1. The van der Waals surface area contributed by atoms with Gasteiger partial charge in [0.25, 0.3) is 5.69 Å². The van der Waals surface area contributed by atoms with Gasteiger partial charge in [0.2, 0.25) is 11.1 Å². The highest BCUT2D eigenvalue weighted by Crippen LogP contribution is 2.16. The van der Waals surface area contributed by atoms with Crippen molar-refractivity contribution in [1.29, 1.82) is 0 Å². The van der Waals surface area contributed by atoms with Crippen molar-refractivity contribution in [3.63, 3.8) is 0 Å². The molecule has 0 aromatic heterocycles. The van der Waals surface area contributed by atoms with Crippen LogP contribution in [-0.4, -0.2) is 26.5 Å². The smallest absolute Gasteiger partial charge is 0.338 e. The van der Waals surface area contributed by atoms with Crippen LogP contribution in [0.4, 0.5) is 5.69 Å². The molecule has 2 N–H and O–H groups in total. The van der Waals surface area contributed by atoms with Gasteiger partial charge in [0.15, 0.2) is 0 Å². The molecule has 110 valence electrons. The molecule has 0 saturated heterocycles. The third kappa shape index (κ3) is 4.87. The summed E-state index contributed by atoms with van der Waals surface area (Å²) < 4.78 is 16.4. The van der Waals surface area contributed by atoms with Crippen molar-refractivity contribution < 1.29 is 18.1 Å². The molecule has 0 amide bonds. The number of nitro benzene ring substituents is 1. The molecule has 0 radical (unpaired) electrons. The van der Waals surface area contributed by atoms with Gasteiger partial charge >= 0.3 is 5.97 Å². The van der Waals surface area contributed by atoms with E-state index in [1.807, 2.05) is 0 Å². The molecule has 1 rings (SSSR count). The van der Waals surface area contributed by atoms with Crippen LogP contribution in [-0.2, 0) is 20.1 Å². The molecule has 20 heavy (non-hydrogen) atoms. The molecule has 0 bridgehead atoms. The van der Waals surface area contributed by atoms with Crippen LogP contribution in [0, 0.1) is 10.1 Å². The summed E-state index contributed by atoms with van der Waals surface area (Å²) in [6.45, 7) is 1.68. The minimum absolute atomic E-state index is 0.133. The van der Waals surface area contributed by atoms with Crippen LogP contribution in [0.1, 0.15) is 13.3 Å². The number of rotatable bonds is 6. The van der Waals surface area contributed by atoms with Crippen molar-refractivity contribution in [3.05, 3.63) is 34.4 Å². The zero-order valence-corrected chi connectivity index (χ0v) is 12.1. The lowest BCUT2D eigenvalue weighted by molar-refractivity contribution is -0.384. The molecule has 0 fully saturated rings. The zero-order valence-electron chi connectivity index (χ0n) is 10.5. The topological polar surface area (TPSA) is 113 Å². The second kappa shape index (κ2) is 7.32. The fourth-order valence-corrected chi connectivity index (χ4v) is 2.37. The van der Waals surface area contributed by atoms with Crippen LogP contribution in [0.3, 0.4) is 0 Å². The molecule has 7 nitrogen and oxygen atoms in total. The molecule has 0 spiro atoms. The van der Waals surface area contributed by atoms with E-state index in [1.165, 1.54) is 24.3 Å². The Hall–Kier alpha value is -1.51. The molecule has 0 saturated carbocycles. The standard InChI is InChI=1S/C11H13ClN2O5S/c1-7(13)6-10(12)11(15)19-20(18)9-4-2-8(3-5-9)14(16)17/h2-5,7,10H,6,13H2,1H3. The molecule has 1 aromatic rings. The van der Waals surface area contributed by atoms with Crippen molar-refractivity contribution >= 4 is 34.3 Å². The Morgan fingerprint density at radius 1 is 1.50 bits per heavy atom. The van der Waals surface area contributed by atoms with Gasteiger partial charge in [-0.1, -0.05) is 0 Å². The first-order valence-electron chi connectivity index (χ1n) is 5.59. The fourth-order valence-electron chi connectivity index (χ4n) is 1.28. The van der Waals surface area contributed by atoms with E-state index in [4.69, 9.17) is 17.3 Å². The minimum atomic E-state index is -2.07. The van der Waals surface area contributed by atoms with Crippen LogP contribution in [0.5, 0.6) is 0 Å². The Balaban J connectivity index is 2.66. The largest absolute Gasteiger partial charge is 0.359 e. The molecule has 0 heterocycles. The Kier molecular flexibility index (Phi) is 6.05. The highest BCUT2D eigenvalue weighted by molar-refractivity contribution is 7.80. The highest BCUT2D eigenvalue weighted by atomic mass is 35.5. The number of hydrogen-bond acceptors (Lipinski definition) is 6. The van der Waals surface area contributed by atoms with Gasteiger partial charge in [-0.05, 0) is 25.5 Å². The Labute approximate surface area is 122 Å². The van der Waals surface area contributed by atoms with E-state index in [2.05, 4.69) is 4.18 Å². The summed E-state index contributed by atoms with van der Waals surface area (Å²) in [5, 5.41) is 9.48. The number of halogens is 1. The summed E-state index contributed by atoms with van der Waals surface area (Å²) in [6.07, 6.45) is 0.192. The van der Waals surface area contributed by atoms with E-state index in [0.29, 0.717) is 0 Å². The third-order valence-electron chi connectivity index (χ3n) is 2.23. The van der Waals surface area contributed by atoms with E-state index in [1.54, 1.807) is 6.92 Å². The van der Waals surface area contributed by atoms with Crippen LogP contribution in [0.25, 0.3) is 0 Å². The van der Waals surface area contributed by atoms with Crippen LogP contribution < -0.4 is 5.73 Å². The van der Waals surface area contributed by atoms with Crippen molar-refractivity contribution in [2.24, 2.45) is 5.73 Å². The normalized spacial score (nSPS) is 15.2. The number of nitrogens with two attached hydrogens (primary N) is 1. The maximum absolute atomic E-state index is 11.7. The predicted octanol–water partition coefficient (Wildman–Crippen LogP) is 1.51. The minimum Gasteiger partial charge on any atom is -0.359 e. The van der Waals surface area contributed by atoms with E-state index >= 15 is 0 Å². The first-order valence-corrected chi connectivity index (χ1v) is 7.10. The van der Waals surface area contributed by atoms with E-state index in [9.17, 15) is 19.1 Å². The fraction of sp³-hybridized carbons (Fsp3) is 0.364. The van der Waals surface area contributed by atoms with E-state index in [-0.39, 0.29) is 23.0 Å². The van der Waals surface area contributed by atoms with Gasteiger partial charge in [0, 0.05) is 18.2 Å². The second-order valence-electron chi connectivity index (χ2n) is 4.07. The molecule has 3 unspecified atom stereocenters. The molecule has 3 atom stereocenters. The van der Waals surface area contributed by atoms with Crippen molar-refractivity contribution in [1.82, 2.24) is 0 Å². The molecule has 0 aliphatic rings. The monoisotopic (exact) mass is 320 g/mol. The highest BCUT2D eigenvalue weighted by Gasteiger charge is 2.22. The molecular formula is C11H13ClN2O5S. The number of nitro groups is 1. The lowest BCUT2D eigenvalue weighted by Gasteiger charge is -2.10. The first-order chi connectivity index (χ1) is 9.31.